The highest BCUT2D eigenvalue weighted by atomic mass is 16.6. The number of carbonyl (C=O) groups is 3. The molecule has 0 aromatic carbocycles. The Balaban J connectivity index is 1.32. The minimum Gasteiger partial charge on any atom is -0.437 e. The molecule has 4 fully saturated rings. The van der Waals surface area contributed by atoms with E-state index in [1.807, 2.05) is 0 Å². The maximum Gasteiger partial charge on any atom is 0.411 e. The van der Waals surface area contributed by atoms with Crippen molar-refractivity contribution in [3.05, 3.63) is 24.3 Å². The van der Waals surface area contributed by atoms with Crippen molar-refractivity contribution in [3.8, 4) is 0 Å². The Morgan fingerprint density at radius 3 is 2.54 bits per heavy atom. The average Bonchev–Trinajstić information content (AvgIpc) is 3.44. The van der Waals surface area contributed by atoms with Gasteiger partial charge >= 0.3 is 6.09 Å². The van der Waals surface area contributed by atoms with Crippen molar-refractivity contribution in [2.75, 3.05) is 32.7 Å². The molecule has 26 heavy (non-hydrogen) atoms. The molecular weight excluding hydrogens is 338 g/mol. The maximum atomic E-state index is 12.6. The van der Waals surface area contributed by atoms with Crippen molar-refractivity contribution in [1.82, 2.24) is 24.7 Å². The van der Waals surface area contributed by atoms with Crippen LogP contribution in [0.5, 0.6) is 0 Å². The Morgan fingerprint density at radius 2 is 1.85 bits per heavy atom. The lowest BCUT2D eigenvalue weighted by molar-refractivity contribution is -0.156. The number of carbonyl (C=O) groups excluding carboxylic acids is 3. The van der Waals surface area contributed by atoms with Crippen LogP contribution in [0.4, 0.5) is 4.79 Å². The predicted octanol–water partition coefficient (Wildman–Crippen LogP) is -0.256. The van der Waals surface area contributed by atoms with Gasteiger partial charge in [0.1, 0.15) is 0 Å². The monoisotopic (exact) mass is 357 g/mol. The predicted molar refractivity (Wildman–Crippen MR) is 86.9 cm³/mol. The molecule has 0 radical (unpaired) electrons. The Labute approximate surface area is 149 Å². The van der Waals surface area contributed by atoms with Crippen LogP contribution in [0.2, 0.25) is 0 Å². The highest BCUT2D eigenvalue weighted by Gasteiger charge is 2.63. The maximum absolute atomic E-state index is 12.6. The van der Waals surface area contributed by atoms with E-state index >= 15 is 0 Å². The first kappa shape index (κ1) is 15.5. The second-order valence-electron chi connectivity index (χ2n) is 7.43. The quantitative estimate of drug-likeness (QED) is 0.724. The van der Waals surface area contributed by atoms with Crippen LogP contribution in [-0.2, 0) is 9.53 Å². The van der Waals surface area contributed by atoms with Gasteiger partial charge in [0, 0.05) is 37.9 Å². The normalized spacial score (nSPS) is 26.4. The summed E-state index contributed by atoms with van der Waals surface area (Å²) in [6.45, 7) is 2.04. The lowest BCUT2D eigenvalue weighted by atomic mass is 9.84. The topological polar surface area (TPSA) is 95.9 Å². The molecule has 0 N–H and O–H groups in total. The zero-order chi connectivity index (χ0) is 17.9. The molecule has 1 aromatic rings. The van der Waals surface area contributed by atoms with Gasteiger partial charge in [0.05, 0.1) is 19.1 Å². The van der Waals surface area contributed by atoms with Crippen LogP contribution < -0.4 is 0 Å². The lowest BCUT2D eigenvalue weighted by Crippen LogP contribution is -2.72. The molecular formula is C17H19N5O4. The summed E-state index contributed by atoms with van der Waals surface area (Å²) in [7, 11) is 0. The number of hydrogen-bond acceptors (Lipinski definition) is 6. The van der Waals surface area contributed by atoms with Gasteiger partial charge < -0.3 is 14.5 Å². The van der Waals surface area contributed by atoms with E-state index in [0.717, 1.165) is 12.8 Å². The summed E-state index contributed by atoms with van der Waals surface area (Å²) in [4.78, 5) is 50.3. The van der Waals surface area contributed by atoms with Gasteiger partial charge in [-0.2, -0.15) is 0 Å². The number of hydrogen-bond donors (Lipinski definition) is 0. The minimum absolute atomic E-state index is 0.152. The molecule has 1 atom stereocenters. The summed E-state index contributed by atoms with van der Waals surface area (Å²) in [5.41, 5.74) is -0.696. The van der Waals surface area contributed by atoms with E-state index in [1.54, 1.807) is 20.8 Å². The van der Waals surface area contributed by atoms with Gasteiger partial charge in [0.25, 0.3) is 5.91 Å². The van der Waals surface area contributed by atoms with Gasteiger partial charge in [-0.05, 0) is 18.9 Å². The number of likely N-dealkylation sites (tertiary alicyclic amines) is 1. The third kappa shape index (κ3) is 2.26. The van der Waals surface area contributed by atoms with Crippen molar-refractivity contribution in [1.29, 1.82) is 0 Å². The number of aromatic nitrogens is 2. The highest BCUT2D eigenvalue weighted by Crippen LogP contribution is 2.42. The molecule has 136 valence electrons. The number of piperazine rings is 1. The molecule has 9 heteroatoms. The number of fused-ring (bicyclic) bond motifs is 2. The van der Waals surface area contributed by atoms with Gasteiger partial charge in [-0.15, -0.1) is 0 Å². The molecule has 3 aliphatic heterocycles. The van der Waals surface area contributed by atoms with E-state index in [1.165, 1.54) is 12.4 Å². The fourth-order valence-electron chi connectivity index (χ4n) is 4.11. The second kappa shape index (κ2) is 5.39. The van der Waals surface area contributed by atoms with E-state index in [9.17, 15) is 14.4 Å². The molecule has 4 heterocycles. The van der Waals surface area contributed by atoms with Crippen LogP contribution in [-0.4, -0.2) is 86.9 Å². The fourth-order valence-corrected chi connectivity index (χ4v) is 4.11. The van der Waals surface area contributed by atoms with Crippen molar-refractivity contribution >= 4 is 17.9 Å². The molecule has 3 saturated heterocycles. The third-order valence-corrected chi connectivity index (χ3v) is 5.71. The first-order valence-electron chi connectivity index (χ1n) is 8.92. The van der Waals surface area contributed by atoms with Gasteiger partial charge in [0.15, 0.2) is 5.60 Å². The Kier molecular flexibility index (Phi) is 3.22. The standard InChI is InChI=1S/C17H19N5O4/c23-14(11-2-3-11)21-9-17(10-21)12-8-20(6-7-22(12)16(25)26-17)15(24)13-18-4-1-5-19-13/h1,4-5,11-12H,2-3,6-10H2. The Bertz CT molecular complexity index is 775. The van der Waals surface area contributed by atoms with Gasteiger partial charge in [-0.1, -0.05) is 0 Å². The molecule has 1 saturated carbocycles. The molecule has 0 bridgehead atoms. The SMILES string of the molecule is O=C(c1ncccn1)N1CCN2C(=O)OC3(CN(C(=O)C4CC4)C3)C2C1. The Morgan fingerprint density at radius 1 is 1.12 bits per heavy atom. The Hall–Kier alpha value is -2.71. The van der Waals surface area contributed by atoms with Crippen LogP contribution in [0.25, 0.3) is 0 Å². The van der Waals surface area contributed by atoms with Crippen molar-refractivity contribution in [2.45, 2.75) is 24.5 Å². The first-order valence-corrected chi connectivity index (χ1v) is 8.92. The summed E-state index contributed by atoms with van der Waals surface area (Å²) in [6.07, 6.45) is 4.63. The van der Waals surface area contributed by atoms with Gasteiger partial charge in [-0.3, -0.25) is 14.5 Å². The fraction of sp³-hybridized carbons (Fsp3) is 0.588. The van der Waals surface area contributed by atoms with E-state index in [4.69, 9.17) is 4.74 Å². The lowest BCUT2D eigenvalue weighted by Gasteiger charge is -2.51. The third-order valence-electron chi connectivity index (χ3n) is 5.71. The van der Waals surface area contributed by atoms with Crippen LogP contribution in [0.15, 0.2) is 18.5 Å². The zero-order valence-electron chi connectivity index (χ0n) is 14.2. The molecule has 1 spiro atoms. The van der Waals surface area contributed by atoms with Crippen LogP contribution >= 0.6 is 0 Å². The molecule has 1 unspecified atom stereocenters. The van der Waals surface area contributed by atoms with Gasteiger partial charge in [0.2, 0.25) is 11.7 Å². The molecule has 1 aliphatic carbocycles. The van der Waals surface area contributed by atoms with Crippen molar-refractivity contribution in [3.63, 3.8) is 0 Å². The number of ether oxygens (including phenoxy) is 1. The summed E-state index contributed by atoms with van der Waals surface area (Å²) in [6, 6.07) is 1.42. The van der Waals surface area contributed by atoms with Crippen molar-refractivity contribution < 1.29 is 19.1 Å². The largest absolute Gasteiger partial charge is 0.437 e. The van der Waals surface area contributed by atoms with Crippen LogP contribution in [0.3, 0.4) is 0 Å². The number of amides is 3. The molecule has 3 amide bonds. The molecule has 4 aliphatic rings. The first-order chi connectivity index (χ1) is 12.6. The molecule has 1 aromatic heterocycles. The van der Waals surface area contributed by atoms with Crippen LogP contribution in [0.1, 0.15) is 23.5 Å². The number of rotatable bonds is 2. The summed E-state index contributed by atoms with van der Waals surface area (Å²) in [5, 5.41) is 0. The van der Waals surface area contributed by atoms with Crippen LogP contribution in [0, 0.1) is 5.92 Å². The second-order valence-corrected chi connectivity index (χ2v) is 7.43. The van der Waals surface area contributed by atoms with E-state index in [-0.39, 0.29) is 35.7 Å². The van der Waals surface area contributed by atoms with E-state index in [0.29, 0.717) is 32.7 Å². The average molecular weight is 357 g/mol. The van der Waals surface area contributed by atoms with Crippen molar-refractivity contribution in [2.24, 2.45) is 5.92 Å². The molecule has 9 nitrogen and oxygen atoms in total. The number of nitrogens with zero attached hydrogens (tertiary/aromatic N) is 5. The van der Waals surface area contributed by atoms with Gasteiger partial charge in [-0.25, -0.2) is 14.8 Å². The summed E-state index contributed by atoms with van der Waals surface area (Å²) >= 11 is 0. The van der Waals surface area contributed by atoms with E-state index < -0.39 is 5.60 Å². The highest BCUT2D eigenvalue weighted by molar-refractivity contribution is 5.90. The smallest absolute Gasteiger partial charge is 0.411 e. The van der Waals surface area contributed by atoms with E-state index in [2.05, 4.69) is 9.97 Å². The summed E-state index contributed by atoms with van der Waals surface area (Å²) in [5.74, 6) is 0.219. The molecule has 5 rings (SSSR count). The summed E-state index contributed by atoms with van der Waals surface area (Å²) < 4.78 is 5.67. The zero-order valence-corrected chi connectivity index (χ0v) is 14.2. The minimum atomic E-state index is -0.696.